The van der Waals surface area contributed by atoms with Crippen molar-refractivity contribution in [3.63, 3.8) is 0 Å². The first-order valence-corrected chi connectivity index (χ1v) is 7.43. The lowest BCUT2D eigenvalue weighted by Gasteiger charge is -2.20. The molecule has 3 rings (SSSR count). The topological polar surface area (TPSA) is 32.3 Å². The van der Waals surface area contributed by atoms with Crippen molar-refractivity contribution in [1.29, 1.82) is 0 Å². The summed E-state index contributed by atoms with van der Waals surface area (Å²) < 4.78 is 0. The van der Waals surface area contributed by atoms with Crippen LogP contribution >= 0.6 is 0 Å². The third-order valence-electron chi connectivity index (χ3n) is 3.83. The standard InChI is InChI=1S/C18H20N2O/c1-14-6-4-7-15(12-14)13-19-16-8-2-3-9-17(16)20-11-5-10-18(20)21/h2-4,6-9,12,19H,5,10-11,13H2,1H3. The summed E-state index contributed by atoms with van der Waals surface area (Å²) in [6.07, 6.45) is 1.61. The summed E-state index contributed by atoms with van der Waals surface area (Å²) in [5.74, 6) is 0.222. The second-order valence-corrected chi connectivity index (χ2v) is 5.51. The van der Waals surface area contributed by atoms with Crippen LogP contribution in [0.15, 0.2) is 48.5 Å². The maximum absolute atomic E-state index is 11.9. The van der Waals surface area contributed by atoms with E-state index in [0.717, 1.165) is 30.9 Å². The van der Waals surface area contributed by atoms with Crippen LogP contribution in [-0.4, -0.2) is 12.5 Å². The van der Waals surface area contributed by atoms with E-state index < -0.39 is 0 Å². The largest absolute Gasteiger partial charge is 0.379 e. The van der Waals surface area contributed by atoms with Crippen molar-refractivity contribution in [1.82, 2.24) is 0 Å². The molecular formula is C18H20N2O. The number of hydrogen-bond donors (Lipinski definition) is 1. The number of rotatable bonds is 4. The first-order chi connectivity index (χ1) is 10.2. The van der Waals surface area contributed by atoms with Crippen molar-refractivity contribution in [2.75, 3.05) is 16.8 Å². The van der Waals surface area contributed by atoms with Gasteiger partial charge in [0.15, 0.2) is 0 Å². The number of anilines is 2. The van der Waals surface area contributed by atoms with Gasteiger partial charge in [-0.15, -0.1) is 0 Å². The normalized spacial score (nSPS) is 14.5. The Bertz CT molecular complexity index is 651. The highest BCUT2D eigenvalue weighted by Gasteiger charge is 2.23. The van der Waals surface area contributed by atoms with Gasteiger partial charge in [0.2, 0.25) is 5.91 Å². The minimum atomic E-state index is 0.222. The molecule has 3 heteroatoms. The monoisotopic (exact) mass is 280 g/mol. The van der Waals surface area contributed by atoms with Crippen LogP contribution in [0.2, 0.25) is 0 Å². The number of hydrogen-bond acceptors (Lipinski definition) is 2. The average molecular weight is 280 g/mol. The van der Waals surface area contributed by atoms with E-state index in [9.17, 15) is 4.79 Å². The number of nitrogens with one attached hydrogen (secondary N) is 1. The molecule has 1 N–H and O–H groups in total. The molecule has 0 bridgehead atoms. The molecule has 1 aliphatic rings. The maximum Gasteiger partial charge on any atom is 0.227 e. The zero-order valence-corrected chi connectivity index (χ0v) is 12.3. The fraction of sp³-hybridized carbons (Fsp3) is 0.278. The molecule has 2 aromatic rings. The highest BCUT2D eigenvalue weighted by atomic mass is 16.2. The number of carbonyl (C=O) groups is 1. The van der Waals surface area contributed by atoms with E-state index in [1.54, 1.807) is 0 Å². The molecule has 1 heterocycles. The van der Waals surface area contributed by atoms with Gasteiger partial charge in [-0.3, -0.25) is 4.79 Å². The van der Waals surface area contributed by atoms with Crippen LogP contribution in [0.5, 0.6) is 0 Å². The molecule has 1 amide bonds. The van der Waals surface area contributed by atoms with Gasteiger partial charge < -0.3 is 10.2 Å². The predicted molar refractivity (Wildman–Crippen MR) is 86.5 cm³/mol. The van der Waals surface area contributed by atoms with Gasteiger partial charge >= 0.3 is 0 Å². The van der Waals surface area contributed by atoms with Crippen LogP contribution in [0, 0.1) is 6.92 Å². The van der Waals surface area contributed by atoms with Crippen molar-refractivity contribution < 1.29 is 4.79 Å². The molecule has 0 saturated carbocycles. The van der Waals surface area contributed by atoms with Gasteiger partial charge in [0.25, 0.3) is 0 Å². The highest BCUT2D eigenvalue weighted by molar-refractivity contribution is 5.98. The fourth-order valence-corrected chi connectivity index (χ4v) is 2.78. The van der Waals surface area contributed by atoms with Crippen LogP contribution in [0.3, 0.4) is 0 Å². The molecule has 21 heavy (non-hydrogen) atoms. The molecule has 0 spiro atoms. The summed E-state index contributed by atoms with van der Waals surface area (Å²) in [5.41, 5.74) is 4.52. The van der Waals surface area contributed by atoms with Crippen LogP contribution in [0.4, 0.5) is 11.4 Å². The summed E-state index contributed by atoms with van der Waals surface area (Å²) in [5, 5.41) is 3.46. The number of carbonyl (C=O) groups excluding carboxylic acids is 1. The van der Waals surface area contributed by atoms with Crippen molar-refractivity contribution in [3.05, 3.63) is 59.7 Å². The Morgan fingerprint density at radius 3 is 2.76 bits per heavy atom. The molecule has 0 atom stereocenters. The summed E-state index contributed by atoms with van der Waals surface area (Å²) in [7, 11) is 0. The van der Waals surface area contributed by atoms with Crippen molar-refractivity contribution in [3.8, 4) is 0 Å². The molecule has 3 nitrogen and oxygen atoms in total. The third-order valence-corrected chi connectivity index (χ3v) is 3.83. The van der Waals surface area contributed by atoms with Crippen LogP contribution < -0.4 is 10.2 Å². The van der Waals surface area contributed by atoms with Gasteiger partial charge in [-0.2, -0.15) is 0 Å². The van der Waals surface area contributed by atoms with E-state index in [2.05, 4.69) is 36.5 Å². The number of amides is 1. The lowest BCUT2D eigenvalue weighted by molar-refractivity contribution is -0.117. The molecule has 1 aliphatic heterocycles. The van der Waals surface area contributed by atoms with Gasteiger partial charge in [0, 0.05) is 19.5 Å². The lowest BCUT2D eigenvalue weighted by Crippen LogP contribution is -2.24. The first kappa shape index (κ1) is 13.7. The molecule has 0 aliphatic carbocycles. The number of nitrogens with zero attached hydrogens (tertiary/aromatic N) is 1. The number of aryl methyl sites for hydroxylation is 1. The van der Waals surface area contributed by atoms with E-state index in [4.69, 9.17) is 0 Å². The third kappa shape index (κ3) is 3.07. The average Bonchev–Trinajstić information content (AvgIpc) is 2.91. The Hall–Kier alpha value is -2.29. The molecule has 2 aromatic carbocycles. The molecule has 0 aromatic heterocycles. The van der Waals surface area contributed by atoms with Crippen LogP contribution in [0.25, 0.3) is 0 Å². The van der Waals surface area contributed by atoms with Crippen LogP contribution in [-0.2, 0) is 11.3 Å². The summed E-state index contributed by atoms with van der Waals surface area (Å²) >= 11 is 0. The van der Waals surface area contributed by atoms with Gasteiger partial charge in [-0.1, -0.05) is 42.0 Å². The molecule has 0 radical (unpaired) electrons. The molecule has 108 valence electrons. The second-order valence-electron chi connectivity index (χ2n) is 5.51. The molecular weight excluding hydrogens is 260 g/mol. The van der Waals surface area contributed by atoms with Gasteiger partial charge in [0.05, 0.1) is 11.4 Å². The number of benzene rings is 2. The number of para-hydroxylation sites is 2. The SMILES string of the molecule is Cc1cccc(CNc2ccccc2N2CCCC2=O)c1. The predicted octanol–water partition coefficient (Wildman–Crippen LogP) is 3.73. The van der Waals surface area contributed by atoms with Gasteiger partial charge in [0.1, 0.15) is 0 Å². The summed E-state index contributed by atoms with van der Waals surface area (Å²) in [6, 6.07) is 16.5. The zero-order valence-electron chi connectivity index (χ0n) is 12.3. The lowest BCUT2D eigenvalue weighted by atomic mass is 10.1. The Morgan fingerprint density at radius 2 is 2.00 bits per heavy atom. The van der Waals surface area contributed by atoms with Crippen molar-refractivity contribution >= 4 is 17.3 Å². The molecule has 1 fully saturated rings. The Kier molecular flexibility index (Phi) is 3.91. The minimum absolute atomic E-state index is 0.222. The van der Waals surface area contributed by atoms with Crippen LogP contribution in [0.1, 0.15) is 24.0 Å². The van der Waals surface area contributed by atoms with Crippen molar-refractivity contribution in [2.45, 2.75) is 26.3 Å². The van der Waals surface area contributed by atoms with E-state index in [1.807, 2.05) is 29.2 Å². The van der Waals surface area contributed by atoms with E-state index in [0.29, 0.717) is 6.42 Å². The smallest absolute Gasteiger partial charge is 0.227 e. The molecule has 1 saturated heterocycles. The Labute approximate surface area is 125 Å². The zero-order chi connectivity index (χ0) is 14.7. The van der Waals surface area contributed by atoms with Gasteiger partial charge in [-0.05, 0) is 31.0 Å². The van der Waals surface area contributed by atoms with Gasteiger partial charge in [-0.25, -0.2) is 0 Å². The Balaban J connectivity index is 1.78. The highest BCUT2D eigenvalue weighted by Crippen LogP contribution is 2.29. The minimum Gasteiger partial charge on any atom is -0.379 e. The Morgan fingerprint density at radius 1 is 1.14 bits per heavy atom. The quantitative estimate of drug-likeness (QED) is 0.925. The van der Waals surface area contributed by atoms with E-state index in [1.165, 1.54) is 11.1 Å². The maximum atomic E-state index is 11.9. The van der Waals surface area contributed by atoms with Crippen molar-refractivity contribution in [2.24, 2.45) is 0 Å². The fourth-order valence-electron chi connectivity index (χ4n) is 2.78. The van der Waals surface area contributed by atoms with E-state index >= 15 is 0 Å². The molecule has 0 unspecified atom stereocenters. The van der Waals surface area contributed by atoms with E-state index in [-0.39, 0.29) is 5.91 Å². The second kappa shape index (κ2) is 6.00. The summed E-state index contributed by atoms with van der Waals surface area (Å²) in [6.45, 7) is 3.68. The summed E-state index contributed by atoms with van der Waals surface area (Å²) in [4.78, 5) is 13.8. The first-order valence-electron chi connectivity index (χ1n) is 7.43.